The topological polar surface area (TPSA) is 24.5 Å². The molecular weight excluding hydrogens is 236 g/mol. The Morgan fingerprint density at radius 2 is 1.84 bits per heavy atom. The van der Waals surface area contributed by atoms with Gasteiger partial charge in [-0.3, -0.25) is 0 Å². The molecule has 2 saturated heterocycles. The first-order chi connectivity index (χ1) is 9.11. The van der Waals surface area contributed by atoms with E-state index in [9.17, 15) is 0 Å². The molecule has 2 rings (SSSR count). The Labute approximate surface area is 119 Å². The van der Waals surface area contributed by atoms with Crippen LogP contribution in [0.1, 0.15) is 52.9 Å². The van der Waals surface area contributed by atoms with E-state index in [1.165, 1.54) is 58.3 Å². The lowest BCUT2D eigenvalue weighted by Crippen LogP contribution is -2.52. The molecule has 2 aliphatic rings. The molecule has 0 aromatic rings. The number of nitrogens with zero attached hydrogens (tertiary/aromatic N) is 1. The Morgan fingerprint density at radius 3 is 2.47 bits per heavy atom. The predicted molar refractivity (Wildman–Crippen MR) is 80.5 cm³/mol. The van der Waals surface area contributed by atoms with Gasteiger partial charge >= 0.3 is 0 Å². The van der Waals surface area contributed by atoms with Crippen molar-refractivity contribution < 1.29 is 4.74 Å². The van der Waals surface area contributed by atoms with Crippen LogP contribution in [-0.4, -0.2) is 49.8 Å². The van der Waals surface area contributed by atoms with Crippen molar-refractivity contribution >= 4 is 0 Å². The molecule has 0 radical (unpaired) electrons. The van der Waals surface area contributed by atoms with Crippen LogP contribution < -0.4 is 5.32 Å². The lowest BCUT2D eigenvalue weighted by Gasteiger charge is -2.41. The van der Waals surface area contributed by atoms with Gasteiger partial charge in [0, 0.05) is 31.8 Å². The highest BCUT2D eigenvalue weighted by atomic mass is 16.5. The minimum Gasteiger partial charge on any atom is -0.381 e. The third-order valence-electron chi connectivity index (χ3n) is 5.34. The first-order valence-electron chi connectivity index (χ1n) is 8.17. The Hall–Kier alpha value is -0.120. The van der Waals surface area contributed by atoms with Crippen LogP contribution in [0.5, 0.6) is 0 Å². The number of ether oxygens (including phenoxy) is 1. The van der Waals surface area contributed by atoms with E-state index in [2.05, 4.69) is 31.0 Å². The summed E-state index contributed by atoms with van der Waals surface area (Å²) < 4.78 is 5.53. The van der Waals surface area contributed by atoms with Gasteiger partial charge < -0.3 is 15.0 Å². The third-order valence-corrected chi connectivity index (χ3v) is 5.34. The molecule has 0 amide bonds. The molecule has 0 atom stereocenters. The molecule has 0 aliphatic carbocycles. The van der Waals surface area contributed by atoms with Crippen LogP contribution in [0.3, 0.4) is 0 Å². The Bertz CT molecular complexity index is 270. The van der Waals surface area contributed by atoms with Crippen LogP contribution in [0.25, 0.3) is 0 Å². The number of rotatable bonds is 4. The molecule has 112 valence electrons. The molecule has 2 aliphatic heterocycles. The van der Waals surface area contributed by atoms with Gasteiger partial charge in [0.2, 0.25) is 0 Å². The van der Waals surface area contributed by atoms with E-state index in [1.54, 1.807) is 0 Å². The maximum Gasteiger partial charge on any atom is 0.0471 e. The summed E-state index contributed by atoms with van der Waals surface area (Å²) in [6.45, 7) is 13.9. The molecule has 1 N–H and O–H groups in total. The van der Waals surface area contributed by atoms with E-state index in [0.717, 1.165) is 13.2 Å². The van der Waals surface area contributed by atoms with Gasteiger partial charge in [0.1, 0.15) is 0 Å². The summed E-state index contributed by atoms with van der Waals surface area (Å²) in [7, 11) is 0. The van der Waals surface area contributed by atoms with E-state index >= 15 is 0 Å². The van der Waals surface area contributed by atoms with Crippen LogP contribution in [0.15, 0.2) is 0 Å². The molecule has 19 heavy (non-hydrogen) atoms. The van der Waals surface area contributed by atoms with E-state index in [0.29, 0.717) is 11.0 Å². The standard InChI is InChI=1S/C16H32N2O/c1-4-16(5-2)14-18(10-6-9-17-16)13-15(3)7-11-19-12-8-15/h17H,4-14H2,1-3H3. The average Bonchev–Trinajstić information content (AvgIpc) is 2.62. The molecule has 0 unspecified atom stereocenters. The minimum absolute atomic E-state index is 0.345. The maximum atomic E-state index is 5.53. The molecule has 0 saturated carbocycles. The van der Waals surface area contributed by atoms with Gasteiger partial charge in [-0.2, -0.15) is 0 Å². The summed E-state index contributed by atoms with van der Waals surface area (Å²) in [4.78, 5) is 2.72. The zero-order chi connectivity index (χ0) is 13.8. The zero-order valence-corrected chi connectivity index (χ0v) is 13.1. The van der Waals surface area contributed by atoms with E-state index in [-0.39, 0.29) is 0 Å². The molecule has 3 heteroatoms. The summed E-state index contributed by atoms with van der Waals surface area (Å²) in [5.74, 6) is 0. The Morgan fingerprint density at radius 1 is 1.16 bits per heavy atom. The number of nitrogens with one attached hydrogen (secondary N) is 1. The zero-order valence-electron chi connectivity index (χ0n) is 13.1. The molecule has 3 nitrogen and oxygen atoms in total. The quantitative estimate of drug-likeness (QED) is 0.848. The van der Waals surface area contributed by atoms with Crippen LogP contribution in [0, 0.1) is 5.41 Å². The van der Waals surface area contributed by atoms with Crippen LogP contribution >= 0.6 is 0 Å². The van der Waals surface area contributed by atoms with Gasteiger partial charge in [0.05, 0.1) is 0 Å². The monoisotopic (exact) mass is 268 g/mol. The van der Waals surface area contributed by atoms with Crippen molar-refractivity contribution in [3.05, 3.63) is 0 Å². The first kappa shape index (κ1) is 15.3. The smallest absolute Gasteiger partial charge is 0.0471 e. The number of hydrogen-bond donors (Lipinski definition) is 1. The van der Waals surface area contributed by atoms with Gasteiger partial charge in [-0.15, -0.1) is 0 Å². The SMILES string of the molecule is CCC1(CC)CN(CC2(C)CCOCC2)CCCN1. The van der Waals surface area contributed by atoms with E-state index in [1.807, 2.05) is 0 Å². The van der Waals surface area contributed by atoms with Crippen molar-refractivity contribution in [3.8, 4) is 0 Å². The van der Waals surface area contributed by atoms with Crippen molar-refractivity contribution in [1.29, 1.82) is 0 Å². The van der Waals surface area contributed by atoms with Gasteiger partial charge in [-0.1, -0.05) is 20.8 Å². The summed E-state index contributed by atoms with van der Waals surface area (Å²) in [6.07, 6.45) is 6.21. The van der Waals surface area contributed by atoms with Crippen LogP contribution in [0.2, 0.25) is 0 Å². The fraction of sp³-hybridized carbons (Fsp3) is 1.00. The highest BCUT2D eigenvalue weighted by molar-refractivity contribution is 4.93. The first-order valence-corrected chi connectivity index (χ1v) is 8.17. The molecule has 0 aromatic carbocycles. The van der Waals surface area contributed by atoms with Crippen molar-refractivity contribution in [1.82, 2.24) is 10.2 Å². The lowest BCUT2D eigenvalue weighted by molar-refractivity contribution is 0.00209. The summed E-state index contributed by atoms with van der Waals surface area (Å²) >= 11 is 0. The van der Waals surface area contributed by atoms with Gasteiger partial charge in [0.25, 0.3) is 0 Å². The molecule has 2 heterocycles. The predicted octanol–water partition coefficient (Wildman–Crippen LogP) is 2.66. The van der Waals surface area contributed by atoms with Crippen molar-refractivity contribution in [2.45, 2.75) is 58.4 Å². The molecule has 2 fully saturated rings. The van der Waals surface area contributed by atoms with Gasteiger partial charge in [-0.05, 0) is 50.6 Å². The molecule has 0 bridgehead atoms. The maximum absolute atomic E-state index is 5.53. The molecule has 0 spiro atoms. The summed E-state index contributed by atoms with van der Waals surface area (Å²) in [5.41, 5.74) is 0.813. The fourth-order valence-electron chi connectivity index (χ4n) is 3.64. The van der Waals surface area contributed by atoms with Gasteiger partial charge in [0.15, 0.2) is 0 Å². The normalized spacial score (nSPS) is 27.9. The largest absolute Gasteiger partial charge is 0.381 e. The second-order valence-corrected chi connectivity index (χ2v) is 6.90. The van der Waals surface area contributed by atoms with Crippen molar-refractivity contribution in [2.75, 3.05) is 39.4 Å². The fourth-order valence-corrected chi connectivity index (χ4v) is 3.64. The van der Waals surface area contributed by atoms with Crippen molar-refractivity contribution in [3.63, 3.8) is 0 Å². The summed E-state index contributed by atoms with van der Waals surface area (Å²) in [5, 5.41) is 3.81. The van der Waals surface area contributed by atoms with E-state index < -0.39 is 0 Å². The molecule has 0 aromatic heterocycles. The second-order valence-electron chi connectivity index (χ2n) is 6.90. The average molecular weight is 268 g/mol. The van der Waals surface area contributed by atoms with Gasteiger partial charge in [-0.25, -0.2) is 0 Å². The number of hydrogen-bond acceptors (Lipinski definition) is 3. The summed E-state index contributed by atoms with van der Waals surface area (Å²) in [6, 6.07) is 0. The van der Waals surface area contributed by atoms with Crippen LogP contribution in [-0.2, 0) is 4.74 Å². The lowest BCUT2D eigenvalue weighted by atomic mass is 9.81. The highest BCUT2D eigenvalue weighted by Gasteiger charge is 2.34. The second kappa shape index (κ2) is 6.55. The van der Waals surface area contributed by atoms with E-state index in [4.69, 9.17) is 4.74 Å². The Balaban J connectivity index is 1.98. The third kappa shape index (κ3) is 3.93. The minimum atomic E-state index is 0.345. The van der Waals surface area contributed by atoms with Crippen molar-refractivity contribution in [2.24, 2.45) is 5.41 Å². The molecular formula is C16H32N2O. The Kier molecular flexibility index (Phi) is 5.27. The highest BCUT2D eigenvalue weighted by Crippen LogP contribution is 2.32. The van der Waals surface area contributed by atoms with Crippen LogP contribution in [0.4, 0.5) is 0 Å².